The SMILES string of the molecule is Cc1cc(C(=O)NC2CCNCC2F)ncc1-c1ccc(C[C@@H](C(N)=O)N(C(=O)C2CCC(CN)CC2)c2ccc(-c3nn[nH]n3)cc2)cc1.Cl. The van der Waals surface area contributed by atoms with Crippen LogP contribution in [-0.4, -0.2) is 81.2 Å². The zero-order valence-electron chi connectivity index (χ0n) is 28.4. The number of nitrogens with two attached hydrogens (primary N) is 2. The van der Waals surface area contributed by atoms with Crippen LogP contribution in [0.15, 0.2) is 60.8 Å². The number of piperidine rings is 1. The van der Waals surface area contributed by atoms with E-state index in [9.17, 15) is 18.8 Å². The monoisotopic (exact) mass is 718 g/mol. The number of aromatic amines is 1. The highest BCUT2D eigenvalue weighted by Gasteiger charge is 2.36. The molecule has 1 aliphatic carbocycles. The summed E-state index contributed by atoms with van der Waals surface area (Å²) in [5, 5.41) is 19.9. The minimum Gasteiger partial charge on any atom is -0.368 e. The van der Waals surface area contributed by atoms with Crippen molar-refractivity contribution in [3.8, 4) is 22.5 Å². The Bertz CT molecular complexity index is 1780. The number of hydrogen-bond donors (Lipinski definition) is 5. The van der Waals surface area contributed by atoms with Crippen molar-refractivity contribution in [1.29, 1.82) is 0 Å². The molecular formula is C36H44ClFN10O3. The lowest BCUT2D eigenvalue weighted by Gasteiger charge is -2.35. The quantitative estimate of drug-likeness (QED) is 0.155. The number of nitrogens with one attached hydrogen (secondary N) is 3. The fraction of sp³-hybridized carbons (Fsp3) is 0.417. The van der Waals surface area contributed by atoms with Crippen molar-refractivity contribution in [2.45, 2.75) is 63.7 Å². The third-order valence-electron chi connectivity index (χ3n) is 9.92. The standard InChI is InChI=1S/C36H43FN10O3.ClH/c1-21-16-31(35(49)42-30-14-15-40-20-29(30)37)41-19-28(21)24-6-2-22(3-7-24)17-32(33(39)48)47(36(50)26-8-4-23(18-38)5-9-26)27-12-10-25(11-13-27)34-43-45-46-44-34;/h2-3,6-7,10-13,16,19,23,26,29-30,32,40H,4-5,8-9,14-15,17-18,20,38H2,1H3,(H2,39,48)(H,42,49)(H,43,44,45,46);1H/t23?,26?,29?,30?,32-;/m0./s1. The number of aryl methyl sites for hydroxylation is 1. The van der Waals surface area contributed by atoms with E-state index in [1.54, 1.807) is 41.4 Å². The zero-order valence-corrected chi connectivity index (χ0v) is 29.2. The number of anilines is 1. The number of amides is 3. The first kappa shape index (κ1) is 37.5. The van der Waals surface area contributed by atoms with Gasteiger partial charge in [-0.1, -0.05) is 24.3 Å². The summed E-state index contributed by atoms with van der Waals surface area (Å²) in [7, 11) is 0. The van der Waals surface area contributed by atoms with Gasteiger partial charge in [-0.15, -0.1) is 22.6 Å². The minimum absolute atomic E-state index is 0. The molecule has 2 aliphatic rings. The average molecular weight is 719 g/mol. The Morgan fingerprint density at radius 2 is 1.73 bits per heavy atom. The number of nitrogens with zero attached hydrogens (tertiary/aromatic N) is 5. The predicted octanol–water partition coefficient (Wildman–Crippen LogP) is 3.28. The Labute approximate surface area is 301 Å². The molecule has 0 bridgehead atoms. The first-order valence-electron chi connectivity index (χ1n) is 17.1. The summed E-state index contributed by atoms with van der Waals surface area (Å²) in [6.45, 7) is 3.35. The van der Waals surface area contributed by atoms with Gasteiger partial charge in [-0.25, -0.2) is 4.39 Å². The zero-order chi connectivity index (χ0) is 35.2. The molecule has 2 unspecified atom stereocenters. The van der Waals surface area contributed by atoms with Crippen molar-refractivity contribution in [2.75, 3.05) is 24.5 Å². The van der Waals surface area contributed by atoms with Crippen molar-refractivity contribution < 1.29 is 18.8 Å². The molecule has 1 saturated carbocycles. The molecule has 7 N–H and O–H groups in total. The number of primary amides is 1. The number of rotatable bonds is 11. The van der Waals surface area contributed by atoms with Gasteiger partial charge in [-0.3, -0.25) is 24.3 Å². The molecule has 4 aromatic rings. The number of tetrazole rings is 1. The third-order valence-corrected chi connectivity index (χ3v) is 9.92. The van der Waals surface area contributed by atoms with Crippen LogP contribution >= 0.6 is 12.4 Å². The second-order valence-corrected chi connectivity index (χ2v) is 13.2. The fourth-order valence-corrected chi connectivity index (χ4v) is 6.93. The second kappa shape index (κ2) is 16.9. The van der Waals surface area contributed by atoms with Crippen LogP contribution in [0.5, 0.6) is 0 Å². The Balaban J connectivity index is 0.00000504. The summed E-state index contributed by atoms with van der Waals surface area (Å²) in [6.07, 6.45) is 4.31. The van der Waals surface area contributed by atoms with E-state index in [1.807, 2.05) is 31.2 Å². The second-order valence-electron chi connectivity index (χ2n) is 13.2. The lowest BCUT2D eigenvalue weighted by atomic mass is 9.81. The summed E-state index contributed by atoms with van der Waals surface area (Å²) in [5.74, 6) is -0.603. The molecule has 3 heterocycles. The molecule has 13 nitrogen and oxygen atoms in total. The third kappa shape index (κ3) is 8.75. The molecule has 3 atom stereocenters. The van der Waals surface area contributed by atoms with E-state index in [0.717, 1.165) is 35.1 Å². The van der Waals surface area contributed by atoms with Crippen molar-refractivity contribution in [1.82, 2.24) is 36.2 Å². The van der Waals surface area contributed by atoms with Gasteiger partial charge < -0.3 is 22.1 Å². The maximum Gasteiger partial charge on any atom is 0.270 e. The Kier molecular flexibility index (Phi) is 12.4. The fourth-order valence-electron chi connectivity index (χ4n) is 6.93. The van der Waals surface area contributed by atoms with Gasteiger partial charge in [0.15, 0.2) is 0 Å². The van der Waals surface area contributed by atoms with Gasteiger partial charge in [0, 0.05) is 41.9 Å². The van der Waals surface area contributed by atoms with Gasteiger partial charge in [-0.2, -0.15) is 5.21 Å². The van der Waals surface area contributed by atoms with Gasteiger partial charge in [0.05, 0.1) is 6.04 Å². The van der Waals surface area contributed by atoms with E-state index < -0.39 is 30.1 Å². The van der Waals surface area contributed by atoms with E-state index in [2.05, 4.69) is 36.2 Å². The van der Waals surface area contributed by atoms with Crippen molar-refractivity contribution in [2.24, 2.45) is 23.3 Å². The summed E-state index contributed by atoms with van der Waals surface area (Å²) in [6, 6.07) is 15.0. The van der Waals surface area contributed by atoms with Crippen molar-refractivity contribution in [3.05, 3.63) is 77.6 Å². The Morgan fingerprint density at radius 3 is 2.33 bits per heavy atom. The van der Waals surface area contributed by atoms with Crippen LogP contribution in [-0.2, 0) is 16.0 Å². The van der Waals surface area contributed by atoms with Crippen LogP contribution in [0, 0.1) is 18.8 Å². The summed E-state index contributed by atoms with van der Waals surface area (Å²) in [5.41, 5.74) is 16.8. The summed E-state index contributed by atoms with van der Waals surface area (Å²) >= 11 is 0. The van der Waals surface area contributed by atoms with Crippen LogP contribution in [0.4, 0.5) is 10.1 Å². The molecule has 2 aromatic carbocycles. The molecule has 2 aromatic heterocycles. The first-order valence-corrected chi connectivity index (χ1v) is 17.1. The van der Waals surface area contributed by atoms with Crippen LogP contribution in [0.3, 0.4) is 0 Å². The highest BCUT2D eigenvalue weighted by atomic mass is 35.5. The molecule has 270 valence electrons. The largest absolute Gasteiger partial charge is 0.368 e. The van der Waals surface area contributed by atoms with E-state index in [0.29, 0.717) is 55.3 Å². The maximum atomic E-state index is 14.2. The topological polar surface area (TPSA) is 198 Å². The molecule has 3 amide bonds. The minimum atomic E-state index is -1.15. The maximum absolute atomic E-state index is 14.2. The number of alkyl halides is 1. The van der Waals surface area contributed by atoms with Crippen LogP contribution in [0.2, 0.25) is 0 Å². The number of carbonyl (C=O) groups excluding carboxylic acids is 3. The number of carbonyl (C=O) groups is 3. The van der Waals surface area contributed by atoms with Gasteiger partial charge >= 0.3 is 0 Å². The number of halogens is 2. The molecule has 0 spiro atoms. The summed E-state index contributed by atoms with van der Waals surface area (Å²) in [4.78, 5) is 46.1. The van der Waals surface area contributed by atoms with E-state index >= 15 is 0 Å². The summed E-state index contributed by atoms with van der Waals surface area (Å²) < 4.78 is 14.2. The molecule has 0 radical (unpaired) electrons. The van der Waals surface area contributed by atoms with E-state index in [4.69, 9.17) is 11.5 Å². The molecule has 1 aliphatic heterocycles. The van der Waals surface area contributed by atoms with Crippen molar-refractivity contribution in [3.63, 3.8) is 0 Å². The predicted molar refractivity (Wildman–Crippen MR) is 194 cm³/mol. The number of benzene rings is 2. The molecule has 1 saturated heterocycles. The van der Waals surface area contributed by atoms with Gasteiger partial charge in [0.25, 0.3) is 5.91 Å². The van der Waals surface area contributed by atoms with Crippen LogP contribution in [0.1, 0.15) is 53.7 Å². The number of H-pyrrole nitrogens is 1. The lowest BCUT2D eigenvalue weighted by molar-refractivity contribution is -0.127. The smallest absolute Gasteiger partial charge is 0.270 e. The Hall–Kier alpha value is -4.79. The molecule has 6 rings (SSSR count). The molecule has 51 heavy (non-hydrogen) atoms. The molecular weight excluding hydrogens is 675 g/mol. The van der Waals surface area contributed by atoms with E-state index in [1.165, 1.54) is 0 Å². The highest BCUT2D eigenvalue weighted by molar-refractivity contribution is 6.02. The lowest BCUT2D eigenvalue weighted by Crippen LogP contribution is -2.52. The average Bonchev–Trinajstić information content (AvgIpc) is 3.68. The van der Waals surface area contributed by atoms with Crippen LogP contribution in [0.25, 0.3) is 22.5 Å². The van der Waals surface area contributed by atoms with Gasteiger partial charge in [0.2, 0.25) is 17.6 Å². The normalized spacial score (nSPS) is 20.8. The molecule has 15 heteroatoms. The molecule has 2 fully saturated rings. The van der Waals surface area contributed by atoms with Gasteiger partial charge in [-0.05, 0) is 110 Å². The number of pyridine rings is 1. The van der Waals surface area contributed by atoms with Crippen molar-refractivity contribution >= 4 is 35.8 Å². The van der Waals surface area contributed by atoms with Crippen LogP contribution < -0.4 is 27.0 Å². The van der Waals surface area contributed by atoms with E-state index in [-0.39, 0.29) is 42.9 Å². The number of aromatic nitrogens is 5. The first-order chi connectivity index (χ1) is 24.2. The number of hydrogen-bond acceptors (Lipinski definition) is 9. The highest BCUT2D eigenvalue weighted by Crippen LogP contribution is 2.33. The van der Waals surface area contributed by atoms with Gasteiger partial charge in [0.1, 0.15) is 17.9 Å². The Morgan fingerprint density at radius 1 is 1.02 bits per heavy atom.